The van der Waals surface area contributed by atoms with Crippen molar-refractivity contribution >= 4 is 17.8 Å². The van der Waals surface area contributed by atoms with Crippen LogP contribution < -0.4 is 4.90 Å². The van der Waals surface area contributed by atoms with Gasteiger partial charge in [0.1, 0.15) is 24.1 Å². The first-order valence-electron chi connectivity index (χ1n) is 24.4. The number of fused-ring (bicyclic) bond motifs is 2. The monoisotopic (exact) mass is 844 g/mol. The fraction of sp³-hybridized carbons (Fsp3) is 0.685. The molecule has 8 heteroatoms. The molecule has 0 radical (unpaired) electrons. The maximum absolute atomic E-state index is 15.5. The summed E-state index contributed by atoms with van der Waals surface area (Å²) in [6.45, 7) is 20.9. The van der Waals surface area contributed by atoms with Gasteiger partial charge in [0.25, 0.3) is 0 Å². The SMILES string of the molecule is Cc1cc(CC2=C3N=CC4=C3[NH+](C2)CC2C3=C(C(=O)CC35CC=CC2(O)C2C3(C)CCC(=O)C(C)(C)C3CCC25C)C(C)(CC(O)C2OC2(C)C)CC4)cc(C2CCOCC2)c1. The van der Waals surface area contributed by atoms with E-state index in [1.54, 1.807) is 0 Å². The summed E-state index contributed by atoms with van der Waals surface area (Å²) in [7, 11) is 0. The van der Waals surface area contributed by atoms with Crippen molar-refractivity contribution in [3.63, 3.8) is 0 Å². The van der Waals surface area contributed by atoms with Gasteiger partial charge in [-0.25, -0.2) is 4.99 Å². The van der Waals surface area contributed by atoms with E-state index < -0.39 is 33.6 Å². The minimum Gasteiger partial charge on any atom is -0.390 e. The highest BCUT2D eigenvalue weighted by Gasteiger charge is 2.78. The van der Waals surface area contributed by atoms with Crippen molar-refractivity contribution in [2.45, 2.75) is 162 Å². The number of Topliss-reactive ketones (excluding diaryl/α,β-unsaturated/α-hetero) is 2. The van der Waals surface area contributed by atoms with E-state index >= 15 is 4.79 Å². The van der Waals surface area contributed by atoms with E-state index in [9.17, 15) is 15.0 Å². The molecule has 0 amide bonds. The van der Waals surface area contributed by atoms with Crippen molar-refractivity contribution in [3.8, 4) is 0 Å². The summed E-state index contributed by atoms with van der Waals surface area (Å²) >= 11 is 0. The van der Waals surface area contributed by atoms with E-state index in [0.29, 0.717) is 43.9 Å². The van der Waals surface area contributed by atoms with Crippen molar-refractivity contribution in [2.24, 2.45) is 49.8 Å². The molecule has 5 aliphatic heterocycles. The summed E-state index contributed by atoms with van der Waals surface area (Å²) in [5.74, 6) is 0.778. The number of aryl methyl sites for hydroxylation is 1. The van der Waals surface area contributed by atoms with Crippen LogP contribution in [0.15, 0.2) is 69.0 Å². The van der Waals surface area contributed by atoms with Crippen molar-refractivity contribution in [3.05, 3.63) is 80.7 Å². The quantitative estimate of drug-likeness (QED) is 0.201. The lowest BCUT2D eigenvalue weighted by Crippen LogP contribution is -3.10. The van der Waals surface area contributed by atoms with Gasteiger partial charge in [0.05, 0.1) is 29.8 Å². The normalized spacial score (nSPS) is 43.1. The van der Waals surface area contributed by atoms with E-state index in [4.69, 9.17) is 14.5 Å². The van der Waals surface area contributed by atoms with E-state index in [1.807, 2.05) is 13.8 Å². The molecule has 3 saturated carbocycles. The van der Waals surface area contributed by atoms with Crippen LogP contribution in [0.4, 0.5) is 0 Å². The molecule has 62 heavy (non-hydrogen) atoms. The average molecular weight is 844 g/mol. The third-order valence-electron chi connectivity index (χ3n) is 19.7. The number of aliphatic hydroxyl groups excluding tert-OH is 1. The first-order chi connectivity index (χ1) is 29.3. The van der Waals surface area contributed by atoms with Gasteiger partial charge in [-0.15, -0.1) is 0 Å². The number of ketones is 2. The van der Waals surface area contributed by atoms with Crippen LogP contribution >= 0.6 is 0 Å². The maximum Gasteiger partial charge on any atom is 0.162 e. The summed E-state index contributed by atoms with van der Waals surface area (Å²) in [6.07, 6.45) is 14.7. The molecule has 5 fully saturated rings. The fourth-order valence-electron chi connectivity index (χ4n) is 17.0. The van der Waals surface area contributed by atoms with Gasteiger partial charge in [-0.2, -0.15) is 0 Å². The lowest BCUT2D eigenvalue weighted by atomic mass is 9.32. The number of nitrogens with zero attached hydrogens (tertiary/aromatic N) is 1. The zero-order valence-electron chi connectivity index (χ0n) is 38.7. The van der Waals surface area contributed by atoms with Crippen LogP contribution in [0.5, 0.6) is 0 Å². The number of benzene rings is 1. The van der Waals surface area contributed by atoms with E-state index in [0.717, 1.165) is 82.4 Å². The van der Waals surface area contributed by atoms with Gasteiger partial charge in [0, 0.05) is 72.2 Å². The molecule has 11 unspecified atom stereocenters. The van der Waals surface area contributed by atoms with Gasteiger partial charge in [-0.05, 0) is 123 Å². The topological polar surface area (TPSA) is 113 Å². The van der Waals surface area contributed by atoms with E-state index in [1.165, 1.54) is 44.0 Å². The molecule has 1 spiro atoms. The molecule has 1 aromatic rings. The molecule has 12 rings (SSSR count). The van der Waals surface area contributed by atoms with Crippen molar-refractivity contribution < 1.29 is 34.2 Å². The van der Waals surface area contributed by atoms with Crippen LogP contribution in [0.25, 0.3) is 0 Å². The summed E-state index contributed by atoms with van der Waals surface area (Å²) in [5.41, 5.74) is 7.25. The average Bonchev–Trinajstić information content (AvgIpc) is 3.43. The Morgan fingerprint density at radius 2 is 1.73 bits per heavy atom. The minimum atomic E-state index is -1.24. The highest BCUT2D eigenvalue weighted by Crippen LogP contribution is 2.79. The smallest absolute Gasteiger partial charge is 0.162 e. The number of hydrogen-bond donors (Lipinski definition) is 3. The molecule has 11 aliphatic rings. The minimum absolute atomic E-state index is 0.133. The van der Waals surface area contributed by atoms with Gasteiger partial charge >= 0.3 is 0 Å². The number of allylic oxidation sites excluding steroid dienone is 3. The molecular weight excluding hydrogens is 773 g/mol. The summed E-state index contributed by atoms with van der Waals surface area (Å²) in [5, 5.41) is 26.3. The van der Waals surface area contributed by atoms with Crippen molar-refractivity contribution in [1.82, 2.24) is 0 Å². The van der Waals surface area contributed by atoms with Crippen LogP contribution in [-0.2, 0) is 25.5 Å². The number of ether oxygens (including phenoxy) is 2. The number of hydrogen-bond acceptors (Lipinski definition) is 7. The van der Waals surface area contributed by atoms with Gasteiger partial charge in [-0.3, -0.25) is 14.5 Å². The Morgan fingerprint density at radius 3 is 2.47 bits per heavy atom. The van der Waals surface area contributed by atoms with Gasteiger partial charge in [0.15, 0.2) is 11.5 Å². The number of aliphatic hydroxyl groups is 2. The molecule has 332 valence electrons. The second kappa shape index (κ2) is 13.5. The van der Waals surface area contributed by atoms with Gasteiger partial charge in [-0.1, -0.05) is 70.5 Å². The van der Waals surface area contributed by atoms with Gasteiger partial charge < -0.3 is 19.7 Å². The zero-order chi connectivity index (χ0) is 43.6. The third kappa shape index (κ3) is 5.64. The van der Waals surface area contributed by atoms with Crippen LogP contribution in [-0.4, -0.2) is 77.7 Å². The second-order valence-electron chi connectivity index (χ2n) is 24.0. The summed E-state index contributed by atoms with van der Waals surface area (Å²) in [6, 6.07) is 7.16. The van der Waals surface area contributed by atoms with Gasteiger partial charge in [0.2, 0.25) is 0 Å². The Bertz CT molecular complexity index is 2330. The van der Waals surface area contributed by atoms with Crippen molar-refractivity contribution in [1.29, 1.82) is 0 Å². The van der Waals surface area contributed by atoms with E-state index in [2.05, 4.69) is 78.1 Å². The Morgan fingerprint density at radius 1 is 0.968 bits per heavy atom. The largest absolute Gasteiger partial charge is 0.390 e. The first-order valence-corrected chi connectivity index (χ1v) is 24.4. The lowest BCUT2D eigenvalue weighted by Gasteiger charge is -2.72. The summed E-state index contributed by atoms with van der Waals surface area (Å²) in [4.78, 5) is 35.8. The highest BCUT2D eigenvalue weighted by molar-refractivity contribution is 6.02. The zero-order valence-corrected chi connectivity index (χ0v) is 38.7. The number of carbonyl (C=O) groups excluding carboxylic acids is 2. The molecule has 8 nitrogen and oxygen atoms in total. The number of rotatable bonds is 6. The Labute approximate surface area is 369 Å². The molecule has 2 saturated heterocycles. The van der Waals surface area contributed by atoms with Crippen LogP contribution in [0, 0.1) is 51.8 Å². The Balaban J connectivity index is 1.06. The molecule has 6 aliphatic carbocycles. The first kappa shape index (κ1) is 41.7. The molecule has 11 atom stereocenters. The number of carbonyl (C=O) groups is 2. The predicted octanol–water partition coefficient (Wildman–Crippen LogP) is 7.66. The number of epoxide rings is 1. The standard InChI is InChI=1S/C54H70N2O6/c1-31-22-32(24-35(23-31)33-13-20-61-21-14-33)25-36-29-56-30-37-42-43(50(6,26-39(58)46-49(4,5)62-46)17-10-34-28-55-44(36)45(34)56)38(57)27-53(42)15-9-16-54(37,60)47-51(7)18-12-41(59)48(2,3)40(51)11-19-52(47,53)8/h9,16,22-24,28,33,37,39-40,46-47,58,60H,10-15,17-21,25-27,29-30H2,1-8H3/p+1. The lowest BCUT2D eigenvalue weighted by molar-refractivity contribution is -0.853. The fourth-order valence-corrected chi connectivity index (χ4v) is 17.0. The van der Waals surface area contributed by atoms with Crippen LogP contribution in [0.2, 0.25) is 0 Å². The number of aliphatic imine (C=N–C) groups is 1. The van der Waals surface area contributed by atoms with Crippen molar-refractivity contribution in [2.75, 3.05) is 26.3 Å². The number of nitrogens with one attached hydrogen (secondary N) is 1. The third-order valence-corrected chi connectivity index (χ3v) is 19.7. The van der Waals surface area contributed by atoms with Crippen LogP contribution in [0.3, 0.4) is 0 Å². The Hall–Kier alpha value is -3.01. The van der Waals surface area contributed by atoms with E-state index in [-0.39, 0.29) is 40.5 Å². The molecule has 3 N–H and O–H groups in total. The second-order valence-corrected chi connectivity index (χ2v) is 24.0. The number of quaternary nitrogens is 1. The predicted molar refractivity (Wildman–Crippen MR) is 240 cm³/mol. The molecule has 1 aromatic carbocycles. The molecule has 0 aromatic heterocycles. The Kier molecular flexibility index (Phi) is 9.09. The molecular formula is C54H71N2O6+. The highest BCUT2D eigenvalue weighted by atomic mass is 16.6. The molecule has 5 heterocycles. The maximum atomic E-state index is 15.5. The summed E-state index contributed by atoms with van der Waals surface area (Å²) < 4.78 is 11.8. The van der Waals surface area contributed by atoms with Crippen LogP contribution in [0.1, 0.15) is 142 Å². The molecule has 2 bridgehead atoms.